The van der Waals surface area contributed by atoms with Gasteiger partial charge in [-0.25, -0.2) is 4.79 Å². The number of carboxylic acid groups (broad SMARTS) is 1. The number of nitrogen functional groups attached to an aromatic ring is 1. The summed E-state index contributed by atoms with van der Waals surface area (Å²) < 4.78 is 4.42. The summed E-state index contributed by atoms with van der Waals surface area (Å²) in [5, 5.41) is 11.4. The Hall–Kier alpha value is -2.57. The number of nitrogens with two attached hydrogens (primary N) is 1. The first-order chi connectivity index (χ1) is 9.43. The highest BCUT2D eigenvalue weighted by Gasteiger charge is 2.21. The number of anilines is 1. The van der Waals surface area contributed by atoms with Crippen LogP contribution in [0.25, 0.3) is 0 Å². The third kappa shape index (κ3) is 4.60. The standard InChI is InChI=1S/C13H16N2O5/c1-20-11(16)7-6-10(13(18)19)15-12(17)8-2-4-9(14)5-3-8/h2-5,10H,6-7,14H2,1H3,(H,15,17)(H,18,19). The van der Waals surface area contributed by atoms with E-state index in [9.17, 15) is 14.4 Å². The Bertz CT molecular complexity index is 498. The predicted molar refractivity (Wildman–Crippen MR) is 71.0 cm³/mol. The van der Waals surface area contributed by atoms with Crippen molar-refractivity contribution in [3.05, 3.63) is 29.8 Å². The van der Waals surface area contributed by atoms with E-state index >= 15 is 0 Å². The minimum atomic E-state index is -1.21. The van der Waals surface area contributed by atoms with Crippen molar-refractivity contribution in [2.24, 2.45) is 0 Å². The Morgan fingerprint density at radius 3 is 2.40 bits per heavy atom. The number of benzene rings is 1. The van der Waals surface area contributed by atoms with Crippen molar-refractivity contribution in [3.63, 3.8) is 0 Å². The van der Waals surface area contributed by atoms with Crippen molar-refractivity contribution in [2.75, 3.05) is 12.8 Å². The number of rotatable bonds is 6. The molecule has 1 atom stereocenters. The van der Waals surface area contributed by atoms with E-state index in [2.05, 4.69) is 10.1 Å². The number of hydrogen-bond donors (Lipinski definition) is 3. The maximum atomic E-state index is 11.9. The minimum Gasteiger partial charge on any atom is -0.480 e. The van der Waals surface area contributed by atoms with Crippen LogP contribution in [0.3, 0.4) is 0 Å². The maximum Gasteiger partial charge on any atom is 0.326 e. The van der Waals surface area contributed by atoms with Crippen LogP contribution < -0.4 is 11.1 Å². The van der Waals surface area contributed by atoms with Crippen LogP contribution in [-0.4, -0.2) is 36.1 Å². The highest BCUT2D eigenvalue weighted by Crippen LogP contribution is 2.07. The fourth-order valence-corrected chi connectivity index (χ4v) is 1.50. The highest BCUT2D eigenvalue weighted by atomic mass is 16.5. The Morgan fingerprint density at radius 2 is 1.90 bits per heavy atom. The van der Waals surface area contributed by atoms with E-state index in [0.29, 0.717) is 11.3 Å². The molecule has 0 aromatic heterocycles. The van der Waals surface area contributed by atoms with E-state index in [1.54, 1.807) is 12.1 Å². The van der Waals surface area contributed by atoms with Crippen LogP contribution in [0.5, 0.6) is 0 Å². The molecule has 0 saturated carbocycles. The number of aliphatic carboxylic acids is 1. The summed E-state index contributed by atoms with van der Waals surface area (Å²) in [6.07, 6.45) is -0.127. The SMILES string of the molecule is COC(=O)CCC(NC(=O)c1ccc(N)cc1)C(=O)O. The van der Waals surface area contributed by atoms with E-state index in [-0.39, 0.29) is 12.8 Å². The zero-order valence-corrected chi connectivity index (χ0v) is 11.0. The van der Waals surface area contributed by atoms with E-state index in [4.69, 9.17) is 10.8 Å². The van der Waals surface area contributed by atoms with Gasteiger partial charge in [-0.1, -0.05) is 0 Å². The number of methoxy groups -OCH3 is 1. The van der Waals surface area contributed by atoms with Crippen LogP contribution in [0, 0.1) is 0 Å². The van der Waals surface area contributed by atoms with Crippen molar-refractivity contribution in [1.82, 2.24) is 5.32 Å². The molecule has 0 aliphatic heterocycles. The molecular weight excluding hydrogens is 264 g/mol. The molecule has 108 valence electrons. The molecule has 20 heavy (non-hydrogen) atoms. The van der Waals surface area contributed by atoms with Gasteiger partial charge in [-0.15, -0.1) is 0 Å². The van der Waals surface area contributed by atoms with Gasteiger partial charge in [0, 0.05) is 17.7 Å². The number of esters is 1. The number of nitrogens with one attached hydrogen (secondary N) is 1. The predicted octanol–water partition coefficient (Wildman–Crippen LogP) is 0.405. The average molecular weight is 280 g/mol. The zero-order valence-electron chi connectivity index (χ0n) is 11.0. The number of carbonyl (C=O) groups is 3. The molecule has 1 rings (SSSR count). The van der Waals surface area contributed by atoms with Gasteiger partial charge in [0.05, 0.1) is 7.11 Å². The molecule has 0 radical (unpaired) electrons. The molecule has 0 aliphatic rings. The van der Waals surface area contributed by atoms with Gasteiger partial charge < -0.3 is 20.9 Å². The normalized spacial score (nSPS) is 11.4. The first-order valence-corrected chi connectivity index (χ1v) is 5.90. The van der Waals surface area contributed by atoms with Crippen molar-refractivity contribution in [3.8, 4) is 0 Å². The molecule has 7 heteroatoms. The molecule has 1 aromatic carbocycles. The smallest absolute Gasteiger partial charge is 0.326 e. The molecule has 0 spiro atoms. The molecule has 0 saturated heterocycles. The lowest BCUT2D eigenvalue weighted by Crippen LogP contribution is -2.41. The van der Waals surface area contributed by atoms with Crippen molar-refractivity contribution >= 4 is 23.5 Å². The maximum absolute atomic E-state index is 11.9. The fourth-order valence-electron chi connectivity index (χ4n) is 1.50. The molecular formula is C13H16N2O5. The molecule has 0 heterocycles. The zero-order chi connectivity index (χ0) is 15.1. The number of carboxylic acids is 1. The second-order valence-electron chi connectivity index (χ2n) is 4.10. The number of carbonyl (C=O) groups excluding carboxylic acids is 2. The summed E-state index contributed by atoms with van der Waals surface area (Å²) in [4.78, 5) is 33.9. The van der Waals surface area contributed by atoms with Crippen LogP contribution in [0.1, 0.15) is 23.2 Å². The Balaban J connectivity index is 2.65. The second kappa shape index (κ2) is 7.13. The molecule has 1 amide bonds. The molecule has 1 unspecified atom stereocenters. The molecule has 4 N–H and O–H groups in total. The van der Waals surface area contributed by atoms with Gasteiger partial charge in [0.25, 0.3) is 5.91 Å². The Kier molecular flexibility index (Phi) is 5.52. The Morgan fingerprint density at radius 1 is 1.30 bits per heavy atom. The molecule has 0 fully saturated rings. The first-order valence-electron chi connectivity index (χ1n) is 5.90. The quantitative estimate of drug-likeness (QED) is 0.513. The molecule has 0 bridgehead atoms. The van der Waals surface area contributed by atoms with E-state index in [0.717, 1.165) is 0 Å². The summed E-state index contributed by atoms with van der Waals surface area (Å²) >= 11 is 0. The fraction of sp³-hybridized carbons (Fsp3) is 0.308. The van der Waals surface area contributed by atoms with Crippen molar-refractivity contribution in [1.29, 1.82) is 0 Å². The summed E-state index contributed by atoms with van der Waals surface area (Å²) in [7, 11) is 1.21. The number of amides is 1. The summed E-state index contributed by atoms with van der Waals surface area (Å²) in [5.41, 5.74) is 6.29. The van der Waals surface area contributed by atoms with Crippen LogP contribution in [0.15, 0.2) is 24.3 Å². The Labute approximate surface area is 115 Å². The first kappa shape index (κ1) is 15.5. The van der Waals surface area contributed by atoms with Gasteiger partial charge >= 0.3 is 11.9 Å². The highest BCUT2D eigenvalue weighted by molar-refractivity contribution is 5.96. The van der Waals surface area contributed by atoms with E-state index in [1.165, 1.54) is 19.2 Å². The molecule has 0 aliphatic carbocycles. The largest absolute Gasteiger partial charge is 0.480 e. The van der Waals surface area contributed by atoms with Crippen LogP contribution in [0.4, 0.5) is 5.69 Å². The molecule has 1 aromatic rings. The number of hydrogen-bond acceptors (Lipinski definition) is 5. The summed E-state index contributed by atoms with van der Waals surface area (Å²) in [6, 6.07) is 4.91. The minimum absolute atomic E-state index is 0.0390. The van der Waals surface area contributed by atoms with Crippen LogP contribution in [0.2, 0.25) is 0 Å². The van der Waals surface area contributed by atoms with Gasteiger partial charge in [-0.2, -0.15) is 0 Å². The van der Waals surface area contributed by atoms with Gasteiger partial charge in [-0.05, 0) is 30.7 Å². The van der Waals surface area contributed by atoms with Crippen LogP contribution in [-0.2, 0) is 14.3 Å². The van der Waals surface area contributed by atoms with Gasteiger partial charge in [0.15, 0.2) is 0 Å². The third-order valence-corrected chi connectivity index (χ3v) is 2.64. The van der Waals surface area contributed by atoms with Crippen molar-refractivity contribution < 1.29 is 24.2 Å². The van der Waals surface area contributed by atoms with Crippen LogP contribution >= 0.6 is 0 Å². The van der Waals surface area contributed by atoms with E-state index < -0.39 is 23.9 Å². The van der Waals surface area contributed by atoms with Gasteiger partial charge in [0.2, 0.25) is 0 Å². The van der Waals surface area contributed by atoms with Gasteiger partial charge in [0.1, 0.15) is 6.04 Å². The van der Waals surface area contributed by atoms with E-state index in [1.807, 2.05) is 0 Å². The lowest BCUT2D eigenvalue weighted by molar-refractivity contribution is -0.142. The lowest BCUT2D eigenvalue weighted by Gasteiger charge is -2.14. The van der Waals surface area contributed by atoms with Gasteiger partial charge in [-0.3, -0.25) is 9.59 Å². The van der Waals surface area contributed by atoms with Crippen molar-refractivity contribution in [2.45, 2.75) is 18.9 Å². The average Bonchev–Trinajstić information content (AvgIpc) is 2.43. The molecule has 7 nitrogen and oxygen atoms in total. The summed E-state index contributed by atoms with van der Waals surface area (Å²) in [5.74, 6) is -2.28. The lowest BCUT2D eigenvalue weighted by atomic mass is 10.1. The summed E-state index contributed by atoms with van der Waals surface area (Å²) in [6.45, 7) is 0. The third-order valence-electron chi connectivity index (χ3n) is 2.64. The second-order valence-corrected chi connectivity index (χ2v) is 4.10. The monoisotopic (exact) mass is 280 g/mol. The topological polar surface area (TPSA) is 119 Å². The number of ether oxygens (including phenoxy) is 1.